The van der Waals surface area contributed by atoms with Gasteiger partial charge in [-0.15, -0.1) is 16.4 Å². The number of carbonyl (C=O) groups is 1. The van der Waals surface area contributed by atoms with Crippen molar-refractivity contribution in [1.29, 1.82) is 0 Å². The van der Waals surface area contributed by atoms with Crippen LogP contribution in [0.2, 0.25) is 0 Å². The zero-order chi connectivity index (χ0) is 22.9. The van der Waals surface area contributed by atoms with Gasteiger partial charge in [0.1, 0.15) is 5.69 Å². The first-order chi connectivity index (χ1) is 16.0. The van der Waals surface area contributed by atoms with Crippen LogP contribution in [-0.4, -0.2) is 45.5 Å². The number of amides is 1. The number of rotatable bonds is 6. The van der Waals surface area contributed by atoms with Gasteiger partial charge in [0.05, 0.1) is 40.8 Å². The smallest absolute Gasteiger partial charge is 0.253 e. The van der Waals surface area contributed by atoms with E-state index in [9.17, 15) is 4.79 Å². The summed E-state index contributed by atoms with van der Waals surface area (Å²) < 4.78 is 3.57. The van der Waals surface area contributed by atoms with E-state index in [0.717, 1.165) is 10.6 Å². The van der Waals surface area contributed by atoms with Crippen LogP contribution in [0.15, 0.2) is 49.2 Å². The number of aromatic nitrogens is 8. The molecule has 5 aromatic rings. The Bertz CT molecular complexity index is 1430. The molecule has 0 bridgehead atoms. The Morgan fingerprint density at radius 2 is 2.06 bits per heavy atom. The largest absolute Gasteiger partial charge is 0.346 e. The summed E-state index contributed by atoms with van der Waals surface area (Å²) in [6.45, 7) is 6.36. The van der Waals surface area contributed by atoms with Crippen molar-refractivity contribution in [3.05, 3.63) is 71.1 Å². The highest BCUT2D eigenvalue weighted by molar-refractivity contribution is 7.15. The van der Waals surface area contributed by atoms with Crippen LogP contribution < -0.4 is 5.32 Å². The maximum Gasteiger partial charge on any atom is 0.253 e. The number of nitrogens with one attached hydrogen (secondary N) is 1. The Hall–Kier alpha value is -3.99. The second-order valence-electron chi connectivity index (χ2n) is 7.84. The second kappa shape index (κ2) is 8.51. The maximum absolute atomic E-state index is 13.1. The number of pyridine rings is 1. The van der Waals surface area contributed by atoms with Crippen molar-refractivity contribution in [2.75, 3.05) is 0 Å². The first-order valence-electron chi connectivity index (χ1n) is 10.4. The van der Waals surface area contributed by atoms with Gasteiger partial charge in [0.25, 0.3) is 5.91 Å². The molecule has 0 atom stereocenters. The highest BCUT2D eigenvalue weighted by Crippen LogP contribution is 2.31. The maximum atomic E-state index is 13.1. The van der Waals surface area contributed by atoms with Crippen LogP contribution in [0.5, 0.6) is 0 Å². The molecule has 33 heavy (non-hydrogen) atoms. The lowest BCUT2D eigenvalue weighted by Crippen LogP contribution is -2.24. The van der Waals surface area contributed by atoms with Gasteiger partial charge in [-0.05, 0) is 35.5 Å². The van der Waals surface area contributed by atoms with Crippen molar-refractivity contribution >= 4 is 22.9 Å². The molecule has 0 unspecified atom stereocenters. The molecule has 0 aliphatic carbocycles. The average Bonchev–Trinajstić information content (AvgIpc) is 3.56. The lowest BCUT2D eigenvalue weighted by molar-refractivity contribution is 0.0950. The van der Waals surface area contributed by atoms with Gasteiger partial charge >= 0.3 is 0 Å². The molecule has 5 aromatic heterocycles. The number of tetrazole rings is 1. The Morgan fingerprint density at radius 3 is 2.79 bits per heavy atom. The predicted molar refractivity (Wildman–Crippen MR) is 123 cm³/mol. The molecule has 0 aliphatic heterocycles. The predicted octanol–water partition coefficient (Wildman–Crippen LogP) is 3.19. The molecular weight excluding hydrogens is 438 g/mol. The molecule has 0 saturated carbocycles. The van der Waals surface area contributed by atoms with Crippen molar-refractivity contribution in [2.45, 2.75) is 33.2 Å². The van der Waals surface area contributed by atoms with Gasteiger partial charge in [0.15, 0.2) is 11.5 Å². The standard InChI is InChI=1S/C22H21N9OS/c1-13(2)20-27-28-29-31(20)17-8-15(22(32)26-10-16-9-23-6-7-24-16)12-30-18(11-25-21(17)30)19-5-4-14(3)33-19/h4-9,11-13H,10H2,1-3H3,(H,26,32). The molecule has 11 heteroatoms. The van der Waals surface area contributed by atoms with Crippen LogP contribution in [-0.2, 0) is 6.54 Å². The van der Waals surface area contributed by atoms with E-state index in [1.54, 1.807) is 46.9 Å². The third-order valence-corrected chi connectivity index (χ3v) is 6.15. The summed E-state index contributed by atoms with van der Waals surface area (Å²) >= 11 is 1.67. The number of thiophene rings is 1. The minimum atomic E-state index is -0.245. The molecule has 10 nitrogen and oxygen atoms in total. The van der Waals surface area contributed by atoms with Crippen molar-refractivity contribution < 1.29 is 4.79 Å². The van der Waals surface area contributed by atoms with Gasteiger partial charge < -0.3 is 5.32 Å². The zero-order valence-electron chi connectivity index (χ0n) is 18.3. The van der Waals surface area contributed by atoms with E-state index in [1.807, 2.05) is 24.4 Å². The first kappa shape index (κ1) is 20.9. The number of aryl methyl sites for hydroxylation is 1. The van der Waals surface area contributed by atoms with Crippen molar-refractivity contribution in [3.63, 3.8) is 0 Å². The Balaban J connectivity index is 1.62. The van der Waals surface area contributed by atoms with E-state index in [4.69, 9.17) is 0 Å². The van der Waals surface area contributed by atoms with E-state index in [0.29, 0.717) is 28.4 Å². The molecule has 1 N–H and O–H groups in total. The number of carbonyl (C=O) groups excluding carboxylic acids is 1. The molecule has 0 aromatic carbocycles. The van der Waals surface area contributed by atoms with E-state index in [2.05, 4.69) is 54.9 Å². The summed E-state index contributed by atoms with van der Waals surface area (Å²) in [6.07, 6.45) is 8.42. The van der Waals surface area contributed by atoms with Crippen LogP contribution in [0.3, 0.4) is 0 Å². The van der Waals surface area contributed by atoms with E-state index < -0.39 is 0 Å². The van der Waals surface area contributed by atoms with Crippen LogP contribution in [0.1, 0.15) is 46.5 Å². The fourth-order valence-electron chi connectivity index (χ4n) is 3.52. The van der Waals surface area contributed by atoms with Gasteiger partial charge in [-0.2, -0.15) is 4.68 Å². The summed E-state index contributed by atoms with van der Waals surface area (Å²) in [5, 5.41) is 15.1. The molecule has 5 rings (SSSR count). The molecule has 0 radical (unpaired) electrons. The number of imidazole rings is 1. The summed E-state index contributed by atoms with van der Waals surface area (Å²) in [5.74, 6) is 0.527. The van der Waals surface area contributed by atoms with Gasteiger partial charge in [-0.25, -0.2) is 4.98 Å². The highest BCUT2D eigenvalue weighted by atomic mass is 32.1. The number of hydrogen-bond acceptors (Lipinski definition) is 8. The number of fused-ring (bicyclic) bond motifs is 1. The fraction of sp³-hybridized carbons (Fsp3) is 0.227. The first-order valence-corrected chi connectivity index (χ1v) is 11.2. The minimum Gasteiger partial charge on any atom is -0.346 e. The van der Waals surface area contributed by atoms with Crippen molar-refractivity contribution in [3.8, 4) is 16.3 Å². The van der Waals surface area contributed by atoms with E-state index in [-0.39, 0.29) is 18.4 Å². The van der Waals surface area contributed by atoms with Gasteiger partial charge in [-0.3, -0.25) is 19.2 Å². The fourth-order valence-corrected chi connectivity index (χ4v) is 4.40. The third kappa shape index (κ3) is 3.98. The van der Waals surface area contributed by atoms with E-state index >= 15 is 0 Å². The molecule has 0 spiro atoms. The number of hydrogen-bond donors (Lipinski definition) is 1. The molecule has 166 valence electrons. The molecular formula is C22H21N9OS. The Labute approximate surface area is 193 Å². The summed E-state index contributed by atoms with van der Waals surface area (Å²) in [5.41, 5.74) is 3.32. The summed E-state index contributed by atoms with van der Waals surface area (Å²) in [7, 11) is 0. The van der Waals surface area contributed by atoms with E-state index in [1.165, 1.54) is 4.88 Å². The van der Waals surface area contributed by atoms with Gasteiger partial charge in [0.2, 0.25) is 0 Å². The minimum absolute atomic E-state index is 0.0866. The lowest BCUT2D eigenvalue weighted by atomic mass is 10.2. The summed E-state index contributed by atoms with van der Waals surface area (Å²) in [6, 6.07) is 5.89. The van der Waals surface area contributed by atoms with Crippen molar-refractivity contribution in [1.82, 2.24) is 44.9 Å². The van der Waals surface area contributed by atoms with Crippen LogP contribution >= 0.6 is 11.3 Å². The second-order valence-corrected chi connectivity index (χ2v) is 9.13. The zero-order valence-corrected chi connectivity index (χ0v) is 19.1. The van der Waals surface area contributed by atoms with Crippen LogP contribution in [0.25, 0.3) is 21.9 Å². The van der Waals surface area contributed by atoms with Crippen LogP contribution in [0.4, 0.5) is 0 Å². The number of nitrogens with zero attached hydrogens (tertiary/aromatic N) is 8. The highest BCUT2D eigenvalue weighted by Gasteiger charge is 2.20. The molecule has 0 aliphatic rings. The molecule has 5 heterocycles. The topological polar surface area (TPSA) is 116 Å². The Kier molecular flexibility index (Phi) is 5.38. The normalized spacial score (nSPS) is 11.4. The molecule has 0 fully saturated rings. The average molecular weight is 460 g/mol. The third-order valence-electron chi connectivity index (χ3n) is 5.13. The molecule has 1 amide bonds. The molecule has 0 saturated heterocycles. The lowest BCUT2D eigenvalue weighted by Gasteiger charge is -2.12. The SMILES string of the molecule is Cc1ccc(-c2cnc3c(-n4nnnc4C(C)C)cc(C(=O)NCc4cnccn4)cn23)s1. The van der Waals surface area contributed by atoms with Crippen LogP contribution in [0, 0.1) is 6.92 Å². The van der Waals surface area contributed by atoms with Gasteiger partial charge in [0, 0.05) is 29.4 Å². The monoisotopic (exact) mass is 459 g/mol. The van der Waals surface area contributed by atoms with Gasteiger partial charge in [-0.1, -0.05) is 13.8 Å². The van der Waals surface area contributed by atoms with Crippen molar-refractivity contribution in [2.24, 2.45) is 0 Å². The quantitative estimate of drug-likeness (QED) is 0.414. The summed E-state index contributed by atoms with van der Waals surface area (Å²) in [4.78, 5) is 28.3. The Morgan fingerprint density at radius 1 is 1.18 bits per heavy atom.